The Kier molecular flexibility index (Phi) is 4.41. The van der Waals surface area contributed by atoms with Gasteiger partial charge in [-0.3, -0.25) is 4.98 Å². The Morgan fingerprint density at radius 2 is 2.00 bits per heavy atom. The lowest BCUT2D eigenvalue weighted by Gasteiger charge is -2.19. The summed E-state index contributed by atoms with van der Waals surface area (Å²) in [4.78, 5) is 4.62. The van der Waals surface area contributed by atoms with E-state index in [1.165, 1.54) is 11.1 Å². The molecule has 2 atom stereocenters. The van der Waals surface area contributed by atoms with Crippen LogP contribution < -0.4 is 0 Å². The topological polar surface area (TPSA) is 12.9 Å². The molecular weight excluding hydrogens is 310 g/mol. The van der Waals surface area contributed by atoms with Crippen LogP contribution in [-0.2, 0) is 0 Å². The summed E-state index contributed by atoms with van der Waals surface area (Å²) in [6, 6.07) is 12.1. The Morgan fingerprint density at radius 3 is 2.61 bits per heavy atom. The third-order valence-corrected chi connectivity index (χ3v) is 4.52. The van der Waals surface area contributed by atoms with E-state index in [2.05, 4.69) is 46.9 Å². The first-order valence-corrected chi connectivity index (χ1v) is 7.19. The summed E-state index contributed by atoms with van der Waals surface area (Å²) in [6.07, 6.45) is 1.83. The van der Waals surface area contributed by atoms with E-state index in [-0.39, 0.29) is 4.83 Å². The number of aromatic nitrogens is 1. The van der Waals surface area contributed by atoms with Gasteiger partial charge in [-0.05, 0) is 42.3 Å². The fourth-order valence-corrected chi connectivity index (χ4v) is 2.84. The highest BCUT2D eigenvalue weighted by Gasteiger charge is 2.19. The number of hydrogen-bond donors (Lipinski definition) is 0. The lowest BCUT2D eigenvalue weighted by molar-refractivity contribution is 0.724. The molecule has 2 unspecified atom stereocenters. The molecule has 0 aliphatic heterocycles. The van der Waals surface area contributed by atoms with Gasteiger partial charge in [0.15, 0.2) is 0 Å². The second-order valence-corrected chi connectivity index (χ2v) is 5.93. The molecule has 3 heteroatoms. The summed E-state index contributed by atoms with van der Waals surface area (Å²) >= 11 is 9.87. The summed E-state index contributed by atoms with van der Waals surface area (Å²) in [5.41, 5.74) is 3.45. The molecule has 0 aliphatic rings. The predicted octanol–water partition coefficient (Wildman–Crippen LogP) is 5.28. The summed E-state index contributed by atoms with van der Waals surface area (Å²) in [7, 11) is 0. The molecule has 0 radical (unpaired) electrons. The molecule has 18 heavy (non-hydrogen) atoms. The van der Waals surface area contributed by atoms with Crippen LogP contribution in [0.4, 0.5) is 0 Å². The van der Waals surface area contributed by atoms with Gasteiger partial charge in [-0.1, -0.05) is 46.6 Å². The number of nitrogens with zero attached hydrogens (tertiary/aromatic N) is 1. The Hall–Kier alpha value is -0.860. The molecule has 2 aromatic rings. The maximum atomic E-state index is 6.11. The van der Waals surface area contributed by atoms with Crippen LogP contribution in [0.3, 0.4) is 0 Å². The fraction of sp³-hybridized carbons (Fsp3) is 0.267. The average Bonchev–Trinajstić information content (AvgIpc) is 2.37. The molecule has 0 saturated heterocycles. The van der Waals surface area contributed by atoms with E-state index in [9.17, 15) is 0 Å². The zero-order valence-electron chi connectivity index (χ0n) is 10.4. The SMILES string of the molecule is Cc1cc(Cl)cc(C(Br)C(C)c2ccccn2)c1. The minimum Gasteiger partial charge on any atom is -0.261 e. The van der Waals surface area contributed by atoms with Gasteiger partial charge in [0.05, 0.1) is 0 Å². The molecule has 0 fully saturated rings. The molecule has 94 valence electrons. The second-order valence-electron chi connectivity index (χ2n) is 4.51. The van der Waals surface area contributed by atoms with Crippen molar-refractivity contribution in [2.75, 3.05) is 0 Å². The second kappa shape index (κ2) is 5.85. The normalized spacial score (nSPS) is 14.2. The minimum absolute atomic E-state index is 0.213. The fourth-order valence-electron chi connectivity index (χ4n) is 2.01. The number of rotatable bonds is 3. The molecule has 0 aliphatic carbocycles. The van der Waals surface area contributed by atoms with Crippen LogP contribution in [0.1, 0.15) is 34.5 Å². The van der Waals surface area contributed by atoms with Crippen molar-refractivity contribution in [1.82, 2.24) is 4.98 Å². The smallest absolute Gasteiger partial charge is 0.0476 e. The van der Waals surface area contributed by atoms with Gasteiger partial charge in [-0.25, -0.2) is 0 Å². The van der Waals surface area contributed by atoms with Crippen molar-refractivity contribution in [3.8, 4) is 0 Å². The molecule has 0 saturated carbocycles. The van der Waals surface area contributed by atoms with Crippen molar-refractivity contribution in [3.63, 3.8) is 0 Å². The predicted molar refractivity (Wildman–Crippen MR) is 80.5 cm³/mol. The van der Waals surface area contributed by atoms with Gasteiger partial charge in [0, 0.05) is 27.7 Å². The molecular formula is C15H15BrClN. The van der Waals surface area contributed by atoms with E-state index in [0.29, 0.717) is 5.92 Å². The van der Waals surface area contributed by atoms with Crippen LogP contribution in [-0.4, -0.2) is 4.98 Å². The summed E-state index contributed by atoms with van der Waals surface area (Å²) in [6.45, 7) is 4.22. The number of halogens is 2. The van der Waals surface area contributed by atoms with E-state index in [1.807, 2.05) is 30.5 Å². The van der Waals surface area contributed by atoms with Crippen LogP contribution in [0.2, 0.25) is 5.02 Å². The van der Waals surface area contributed by atoms with Gasteiger partial charge >= 0.3 is 0 Å². The maximum Gasteiger partial charge on any atom is 0.0476 e. The molecule has 2 rings (SSSR count). The van der Waals surface area contributed by atoms with Crippen LogP contribution in [0.5, 0.6) is 0 Å². The monoisotopic (exact) mass is 323 g/mol. The van der Waals surface area contributed by atoms with Crippen LogP contribution in [0.25, 0.3) is 0 Å². The van der Waals surface area contributed by atoms with E-state index >= 15 is 0 Å². The molecule has 1 aromatic carbocycles. The molecule has 1 heterocycles. The molecule has 0 spiro atoms. The standard InChI is InChI=1S/C15H15BrClN/c1-10-7-12(9-13(17)8-10)15(16)11(2)14-5-3-4-6-18-14/h3-9,11,15H,1-2H3. The maximum absolute atomic E-state index is 6.11. The first-order chi connectivity index (χ1) is 8.58. The average molecular weight is 325 g/mol. The molecule has 1 aromatic heterocycles. The largest absolute Gasteiger partial charge is 0.261 e. The summed E-state index contributed by atoms with van der Waals surface area (Å²) < 4.78 is 0. The van der Waals surface area contributed by atoms with Gasteiger partial charge in [-0.2, -0.15) is 0 Å². The zero-order valence-corrected chi connectivity index (χ0v) is 12.7. The quantitative estimate of drug-likeness (QED) is 0.700. The molecule has 1 nitrogen and oxygen atoms in total. The van der Waals surface area contributed by atoms with Crippen molar-refractivity contribution in [3.05, 3.63) is 64.4 Å². The Bertz CT molecular complexity index is 507. The highest BCUT2D eigenvalue weighted by molar-refractivity contribution is 9.09. The van der Waals surface area contributed by atoms with Gasteiger partial charge in [-0.15, -0.1) is 0 Å². The van der Waals surface area contributed by atoms with Crippen LogP contribution in [0, 0.1) is 6.92 Å². The third-order valence-electron chi connectivity index (χ3n) is 2.98. The van der Waals surface area contributed by atoms with Gasteiger partial charge < -0.3 is 0 Å². The molecule has 0 N–H and O–H groups in total. The summed E-state index contributed by atoms with van der Waals surface area (Å²) in [5, 5.41) is 0.780. The molecule has 0 bridgehead atoms. The number of hydrogen-bond acceptors (Lipinski definition) is 1. The highest BCUT2D eigenvalue weighted by Crippen LogP contribution is 2.37. The zero-order chi connectivity index (χ0) is 13.1. The lowest BCUT2D eigenvalue weighted by Crippen LogP contribution is -2.04. The van der Waals surface area contributed by atoms with Crippen molar-refractivity contribution >= 4 is 27.5 Å². The van der Waals surface area contributed by atoms with Crippen molar-refractivity contribution in [2.24, 2.45) is 0 Å². The minimum atomic E-state index is 0.213. The first kappa shape index (κ1) is 13.6. The van der Waals surface area contributed by atoms with Gasteiger partial charge in [0.25, 0.3) is 0 Å². The number of aryl methyl sites for hydroxylation is 1. The highest BCUT2D eigenvalue weighted by atomic mass is 79.9. The number of alkyl halides is 1. The summed E-state index contributed by atoms with van der Waals surface area (Å²) in [5.74, 6) is 0.295. The Morgan fingerprint density at radius 1 is 1.22 bits per heavy atom. The van der Waals surface area contributed by atoms with Crippen molar-refractivity contribution in [1.29, 1.82) is 0 Å². The van der Waals surface area contributed by atoms with E-state index in [1.54, 1.807) is 0 Å². The van der Waals surface area contributed by atoms with Gasteiger partial charge in [0.2, 0.25) is 0 Å². The molecule has 0 amide bonds. The van der Waals surface area contributed by atoms with E-state index in [0.717, 1.165) is 10.7 Å². The van der Waals surface area contributed by atoms with Crippen LogP contribution in [0.15, 0.2) is 42.6 Å². The number of pyridine rings is 1. The lowest BCUT2D eigenvalue weighted by atomic mass is 9.96. The van der Waals surface area contributed by atoms with E-state index < -0.39 is 0 Å². The Labute approximate surface area is 121 Å². The van der Waals surface area contributed by atoms with Crippen LogP contribution >= 0.6 is 27.5 Å². The number of benzene rings is 1. The first-order valence-electron chi connectivity index (χ1n) is 5.90. The van der Waals surface area contributed by atoms with Crippen molar-refractivity contribution in [2.45, 2.75) is 24.6 Å². The van der Waals surface area contributed by atoms with E-state index in [4.69, 9.17) is 11.6 Å². The third kappa shape index (κ3) is 3.12. The van der Waals surface area contributed by atoms with Crippen molar-refractivity contribution < 1.29 is 0 Å². The van der Waals surface area contributed by atoms with Gasteiger partial charge in [0.1, 0.15) is 0 Å². The Balaban J connectivity index is 2.28.